The molecule has 0 atom stereocenters. The summed E-state index contributed by atoms with van der Waals surface area (Å²) in [5.41, 5.74) is 1.81. The number of nitrogens with zero attached hydrogens (tertiary/aromatic N) is 2. The number of hydrogen-bond acceptors (Lipinski definition) is 3. The minimum absolute atomic E-state index is 0.719. The van der Waals surface area contributed by atoms with E-state index in [0.29, 0.717) is 0 Å². The molecular formula is C8H7N3O. The third-order valence-corrected chi connectivity index (χ3v) is 1.45. The van der Waals surface area contributed by atoms with E-state index in [0.717, 1.165) is 11.3 Å². The van der Waals surface area contributed by atoms with Crippen molar-refractivity contribution in [2.24, 2.45) is 0 Å². The van der Waals surface area contributed by atoms with Gasteiger partial charge in [0.2, 0.25) is 0 Å². The average Bonchev–Trinajstić information content (AvgIpc) is 2.74. The van der Waals surface area contributed by atoms with Crippen LogP contribution in [0.1, 0.15) is 11.3 Å². The number of nitrogens with one attached hydrogen (secondary N) is 1. The lowest BCUT2D eigenvalue weighted by atomic mass is 10.3. The molecule has 4 nitrogen and oxygen atoms in total. The van der Waals surface area contributed by atoms with Crippen LogP contribution in [0.25, 0.3) is 12.2 Å². The molecule has 0 aliphatic rings. The number of hydrogen-bond donors (Lipinski definition) is 1. The fourth-order valence-electron chi connectivity index (χ4n) is 0.867. The lowest BCUT2D eigenvalue weighted by Gasteiger charge is -1.79. The molecule has 0 radical (unpaired) electrons. The van der Waals surface area contributed by atoms with Gasteiger partial charge in [0, 0.05) is 12.4 Å². The van der Waals surface area contributed by atoms with Gasteiger partial charge in [-0.1, -0.05) is 16.4 Å². The van der Waals surface area contributed by atoms with Crippen molar-refractivity contribution in [2.75, 3.05) is 0 Å². The minimum atomic E-state index is 0.719. The summed E-state index contributed by atoms with van der Waals surface area (Å²) in [6.45, 7) is 0. The first-order chi connectivity index (χ1) is 5.95. The van der Waals surface area contributed by atoms with E-state index in [1.54, 1.807) is 6.20 Å². The average molecular weight is 161 g/mol. The number of rotatable bonds is 2. The van der Waals surface area contributed by atoms with Gasteiger partial charge in [-0.25, -0.2) is 4.63 Å². The van der Waals surface area contributed by atoms with Gasteiger partial charge in [-0.05, 0) is 17.7 Å². The predicted molar refractivity (Wildman–Crippen MR) is 44.0 cm³/mol. The zero-order chi connectivity index (χ0) is 8.23. The molecule has 2 rings (SSSR count). The van der Waals surface area contributed by atoms with Crippen LogP contribution in [0.3, 0.4) is 0 Å². The van der Waals surface area contributed by atoms with Crippen molar-refractivity contribution >= 4 is 12.2 Å². The monoisotopic (exact) mass is 161 g/mol. The second-order valence-electron chi connectivity index (χ2n) is 2.31. The Morgan fingerprint density at radius 3 is 3.08 bits per heavy atom. The maximum atomic E-state index is 4.43. The van der Waals surface area contributed by atoms with Crippen LogP contribution in [-0.4, -0.2) is 15.3 Å². The third-order valence-electron chi connectivity index (χ3n) is 1.45. The van der Waals surface area contributed by atoms with E-state index in [1.165, 1.54) is 0 Å². The molecule has 1 N–H and O–H groups in total. The van der Waals surface area contributed by atoms with Gasteiger partial charge in [-0.2, -0.15) is 0 Å². The van der Waals surface area contributed by atoms with Gasteiger partial charge >= 0.3 is 0 Å². The largest absolute Gasteiger partial charge is 0.367 e. The van der Waals surface area contributed by atoms with Crippen molar-refractivity contribution in [3.63, 3.8) is 0 Å². The number of H-pyrrole nitrogens is 1. The van der Waals surface area contributed by atoms with Gasteiger partial charge in [0.25, 0.3) is 0 Å². The summed E-state index contributed by atoms with van der Waals surface area (Å²) in [6, 6.07) is 1.96. The van der Waals surface area contributed by atoms with E-state index in [9.17, 15) is 0 Å². The fraction of sp³-hybridized carbons (Fsp3) is 0. The summed E-state index contributed by atoms with van der Waals surface area (Å²) in [5.74, 6) is 0. The zero-order valence-electron chi connectivity index (χ0n) is 6.27. The van der Waals surface area contributed by atoms with E-state index in [-0.39, 0.29) is 0 Å². The van der Waals surface area contributed by atoms with Gasteiger partial charge < -0.3 is 4.98 Å². The second kappa shape index (κ2) is 3.04. The Hall–Kier alpha value is -1.84. The molecule has 2 heterocycles. The standard InChI is InChI=1S/C8H7N3O/c1(7-3-4-9-5-7)2-8-6-10-12-11-8/h1-6,9H. The Bertz CT molecular complexity index is 311. The van der Waals surface area contributed by atoms with Crippen molar-refractivity contribution in [3.8, 4) is 0 Å². The molecule has 0 aromatic carbocycles. The maximum Gasteiger partial charge on any atom is 0.127 e. The lowest BCUT2D eigenvalue weighted by molar-refractivity contribution is 0.306. The van der Waals surface area contributed by atoms with Crippen LogP contribution in [0.5, 0.6) is 0 Å². The molecule has 0 saturated heterocycles. The van der Waals surface area contributed by atoms with Crippen LogP contribution in [-0.2, 0) is 0 Å². The Morgan fingerprint density at radius 2 is 2.42 bits per heavy atom. The summed E-state index contributed by atoms with van der Waals surface area (Å²) in [6.07, 6.45) is 9.07. The van der Waals surface area contributed by atoms with Crippen molar-refractivity contribution in [1.29, 1.82) is 0 Å². The molecule has 12 heavy (non-hydrogen) atoms. The summed E-state index contributed by atoms with van der Waals surface area (Å²) in [7, 11) is 0. The van der Waals surface area contributed by atoms with Crippen molar-refractivity contribution in [3.05, 3.63) is 35.9 Å². The molecule has 0 spiro atoms. The molecule has 0 aliphatic heterocycles. The molecule has 4 heteroatoms. The van der Waals surface area contributed by atoms with Crippen molar-refractivity contribution in [2.45, 2.75) is 0 Å². The molecule has 0 saturated carbocycles. The van der Waals surface area contributed by atoms with Gasteiger partial charge in [0.1, 0.15) is 5.69 Å². The zero-order valence-corrected chi connectivity index (χ0v) is 6.27. The Balaban J connectivity index is 2.14. The van der Waals surface area contributed by atoms with Crippen LogP contribution >= 0.6 is 0 Å². The van der Waals surface area contributed by atoms with Crippen LogP contribution in [0.15, 0.2) is 29.3 Å². The highest BCUT2D eigenvalue weighted by molar-refractivity contribution is 5.66. The Morgan fingerprint density at radius 1 is 1.42 bits per heavy atom. The molecule has 60 valence electrons. The normalized spacial score (nSPS) is 11.0. The van der Waals surface area contributed by atoms with E-state index in [4.69, 9.17) is 0 Å². The Kier molecular flexibility index (Phi) is 1.74. The molecule has 0 bridgehead atoms. The summed E-state index contributed by atoms with van der Waals surface area (Å²) >= 11 is 0. The number of aromatic nitrogens is 3. The van der Waals surface area contributed by atoms with Gasteiger partial charge in [0.15, 0.2) is 0 Å². The van der Waals surface area contributed by atoms with E-state index in [1.807, 2.05) is 30.6 Å². The molecule has 2 aromatic rings. The molecular weight excluding hydrogens is 154 g/mol. The second-order valence-corrected chi connectivity index (χ2v) is 2.31. The van der Waals surface area contributed by atoms with Crippen LogP contribution in [0, 0.1) is 0 Å². The van der Waals surface area contributed by atoms with Gasteiger partial charge in [-0.15, -0.1) is 0 Å². The van der Waals surface area contributed by atoms with Crippen molar-refractivity contribution < 1.29 is 4.63 Å². The topological polar surface area (TPSA) is 54.7 Å². The summed E-state index contributed by atoms with van der Waals surface area (Å²) in [5, 5.41) is 7.11. The number of aromatic amines is 1. The van der Waals surface area contributed by atoms with Crippen LogP contribution in [0.4, 0.5) is 0 Å². The summed E-state index contributed by atoms with van der Waals surface area (Å²) < 4.78 is 4.43. The molecule has 0 unspecified atom stereocenters. The lowest BCUT2D eigenvalue weighted by Crippen LogP contribution is -1.66. The summed E-state index contributed by atoms with van der Waals surface area (Å²) in [4.78, 5) is 2.95. The van der Waals surface area contributed by atoms with Crippen LogP contribution < -0.4 is 0 Å². The molecule has 0 amide bonds. The predicted octanol–water partition coefficient (Wildman–Crippen LogP) is 1.57. The highest BCUT2D eigenvalue weighted by Crippen LogP contribution is 2.03. The first-order valence-electron chi connectivity index (χ1n) is 3.53. The fourth-order valence-corrected chi connectivity index (χ4v) is 0.867. The van der Waals surface area contributed by atoms with Gasteiger partial charge in [0.05, 0.1) is 6.20 Å². The maximum absolute atomic E-state index is 4.43. The highest BCUT2D eigenvalue weighted by Gasteiger charge is 1.90. The SMILES string of the molecule is C(=Cc1cnon1)c1cc[nH]c1. The van der Waals surface area contributed by atoms with Gasteiger partial charge in [-0.3, -0.25) is 0 Å². The highest BCUT2D eigenvalue weighted by atomic mass is 16.6. The molecule has 0 aliphatic carbocycles. The van der Waals surface area contributed by atoms with Crippen molar-refractivity contribution in [1.82, 2.24) is 15.3 Å². The van der Waals surface area contributed by atoms with E-state index >= 15 is 0 Å². The molecule has 2 aromatic heterocycles. The van der Waals surface area contributed by atoms with E-state index < -0.39 is 0 Å². The van der Waals surface area contributed by atoms with E-state index in [2.05, 4.69) is 19.9 Å². The molecule has 0 fully saturated rings. The first kappa shape index (κ1) is 6.84. The quantitative estimate of drug-likeness (QED) is 0.727. The smallest absolute Gasteiger partial charge is 0.127 e. The third kappa shape index (κ3) is 1.42. The van der Waals surface area contributed by atoms with Crippen LogP contribution in [0.2, 0.25) is 0 Å². The Labute approximate surface area is 68.9 Å². The minimum Gasteiger partial charge on any atom is -0.367 e. The first-order valence-corrected chi connectivity index (χ1v) is 3.53.